The van der Waals surface area contributed by atoms with Crippen molar-refractivity contribution in [2.24, 2.45) is 11.8 Å². The first-order valence-corrected chi connectivity index (χ1v) is 7.93. The molecule has 2 unspecified atom stereocenters. The Bertz CT molecular complexity index is 339. The van der Waals surface area contributed by atoms with Crippen molar-refractivity contribution in [3.05, 3.63) is 0 Å². The lowest BCUT2D eigenvalue weighted by Crippen LogP contribution is -2.41. The number of aliphatic hydroxyl groups is 1. The van der Waals surface area contributed by atoms with Crippen LogP contribution in [0.15, 0.2) is 0 Å². The van der Waals surface area contributed by atoms with Crippen molar-refractivity contribution < 1.29 is 13.5 Å². The van der Waals surface area contributed by atoms with E-state index in [0.29, 0.717) is 25.6 Å². The van der Waals surface area contributed by atoms with Gasteiger partial charge in [-0.05, 0) is 37.5 Å². The summed E-state index contributed by atoms with van der Waals surface area (Å²) in [5.74, 6) is 0.577. The lowest BCUT2D eigenvalue weighted by molar-refractivity contribution is 0.195. The molecule has 0 aromatic carbocycles. The quantitative estimate of drug-likeness (QED) is 0.750. The Kier molecular flexibility index (Phi) is 4.41. The van der Waals surface area contributed by atoms with Crippen molar-refractivity contribution in [3.63, 3.8) is 0 Å². The molecule has 6 heteroatoms. The van der Waals surface area contributed by atoms with E-state index in [1.165, 1.54) is 4.31 Å². The second-order valence-electron chi connectivity index (χ2n) is 5.09. The molecule has 0 aromatic rings. The third-order valence-corrected chi connectivity index (χ3v) is 5.56. The first-order valence-electron chi connectivity index (χ1n) is 6.49. The summed E-state index contributed by atoms with van der Waals surface area (Å²) in [6, 6.07) is 0. The van der Waals surface area contributed by atoms with Crippen molar-refractivity contribution in [2.45, 2.75) is 32.1 Å². The van der Waals surface area contributed by atoms with Gasteiger partial charge in [0.15, 0.2) is 0 Å². The van der Waals surface area contributed by atoms with Gasteiger partial charge in [-0.3, -0.25) is 0 Å². The van der Waals surface area contributed by atoms with E-state index in [0.717, 1.165) is 32.1 Å². The van der Waals surface area contributed by atoms with Crippen LogP contribution < -0.4 is 4.72 Å². The van der Waals surface area contributed by atoms with Crippen LogP contribution in [0.2, 0.25) is 0 Å². The summed E-state index contributed by atoms with van der Waals surface area (Å²) in [6.45, 7) is 1.94. The normalized spacial score (nSPS) is 31.1. The molecule has 2 atom stereocenters. The van der Waals surface area contributed by atoms with Gasteiger partial charge in [0.2, 0.25) is 0 Å². The number of rotatable bonds is 5. The van der Waals surface area contributed by atoms with Crippen LogP contribution in [-0.2, 0) is 10.2 Å². The fourth-order valence-electron chi connectivity index (χ4n) is 2.85. The Labute approximate surface area is 103 Å². The topological polar surface area (TPSA) is 69.6 Å². The molecule has 2 fully saturated rings. The number of aliphatic hydroxyl groups excluding tert-OH is 1. The Morgan fingerprint density at radius 2 is 1.76 bits per heavy atom. The molecule has 0 radical (unpaired) electrons. The van der Waals surface area contributed by atoms with Gasteiger partial charge >= 0.3 is 0 Å². The molecule has 0 bridgehead atoms. The van der Waals surface area contributed by atoms with E-state index in [4.69, 9.17) is 0 Å². The third-order valence-electron chi connectivity index (χ3n) is 3.98. The summed E-state index contributed by atoms with van der Waals surface area (Å²) in [5, 5.41) is 9.19. The largest absolute Gasteiger partial charge is 0.396 e. The predicted molar refractivity (Wildman–Crippen MR) is 65.6 cm³/mol. The lowest BCUT2D eigenvalue weighted by atomic mass is 9.97. The van der Waals surface area contributed by atoms with Crippen LogP contribution in [0, 0.1) is 11.8 Å². The molecule has 1 saturated carbocycles. The van der Waals surface area contributed by atoms with Crippen LogP contribution in [0.25, 0.3) is 0 Å². The summed E-state index contributed by atoms with van der Waals surface area (Å²) in [6.07, 6.45) is 5.06. The molecule has 2 aliphatic rings. The second kappa shape index (κ2) is 5.65. The molecule has 5 nitrogen and oxygen atoms in total. The standard InChI is InChI=1S/C11H22N2O3S/c14-9-11-5-3-4-10(11)8-12-17(15,16)13-6-1-2-7-13/h10-12,14H,1-9H2. The summed E-state index contributed by atoms with van der Waals surface area (Å²) in [5.41, 5.74) is 0. The van der Waals surface area contributed by atoms with E-state index in [2.05, 4.69) is 4.72 Å². The Morgan fingerprint density at radius 1 is 1.12 bits per heavy atom. The third kappa shape index (κ3) is 3.19. The molecule has 1 aliphatic heterocycles. The zero-order chi connectivity index (χ0) is 12.3. The van der Waals surface area contributed by atoms with E-state index in [1.54, 1.807) is 0 Å². The van der Waals surface area contributed by atoms with Crippen molar-refractivity contribution >= 4 is 10.2 Å². The van der Waals surface area contributed by atoms with Gasteiger partial charge < -0.3 is 5.11 Å². The second-order valence-corrected chi connectivity index (χ2v) is 6.85. The summed E-state index contributed by atoms with van der Waals surface area (Å²) in [7, 11) is -3.28. The zero-order valence-electron chi connectivity index (χ0n) is 10.1. The molecule has 17 heavy (non-hydrogen) atoms. The number of nitrogens with one attached hydrogen (secondary N) is 1. The van der Waals surface area contributed by atoms with Crippen LogP contribution in [0.1, 0.15) is 32.1 Å². The van der Waals surface area contributed by atoms with Gasteiger partial charge in [0.1, 0.15) is 0 Å². The van der Waals surface area contributed by atoms with Gasteiger partial charge in [0.05, 0.1) is 0 Å². The number of nitrogens with zero attached hydrogens (tertiary/aromatic N) is 1. The fourth-order valence-corrected chi connectivity index (χ4v) is 4.20. The lowest BCUT2D eigenvalue weighted by Gasteiger charge is -2.21. The van der Waals surface area contributed by atoms with Gasteiger partial charge in [-0.1, -0.05) is 6.42 Å². The van der Waals surface area contributed by atoms with Gasteiger partial charge in [-0.25, -0.2) is 4.72 Å². The highest BCUT2D eigenvalue weighted by Crippen LogP contribution is 2.30. The fraction of sp³-hybridized carbons (Fsp3) is 1.00. The minimum absolute atomic E-state index is 0.177. The van der Waals surface area contributed by atoms with Gasteiger partial charge in [-0.2, -0.15) is 12.7 Å². The van der Waals surface area contributed by atoms with E-state index >= 15 is 0 Å². The highest BCUT2D eigenvalue weighted by Gasteiger charge is 2.30. The van der Waals surface area contributed by atoms with Crippen LogP contribution in [0.3, 0.4) is 0 Å². The molecule has 2 N–H and O–H groups in total. The Morgan fingerprint density at radius 3 is 2.41 bits per heavy atom. The van der Waals surface area contributed by atoms with Crippen molar-refractivity contribution in [1.29, 1.82) is 0 Å². The maximum absolute atomic E-state index is 11.9. The van der Waals surface area contributed by atoms with Crippen LogP contribution in [0.4, 0.5) is 0 Å². The molecule has 2 rings (SSSR count). The van der Waals surface area contributed by atoms with Gasteiger partial charge in [0, 0.05) is 26.2 Å². The highest BCUT2D eigenvalue weighted by molar-refractivity contribution is 7.87. The van der Waals surface area contributed by atoms with E-state index in [1.807, 2.05) is 0 Å². The average Bonchev–Trinajstić information content (AvgIpc) is 2.97. The van der Waals surface area contributed by atoms with Crippen LogP contribution in [-0.4, -0.2) is 44.1 Å². The summed E-state index contributed by atoms with van der Waals surface area (Å²) < 4.78 is 28.1. The van der Waals surface area contributed by atoms with Crippen molar-refractivity contribution in [1.82, 2.24) is 9.03 Å². The predicted octanol–water partition coefficient (Wildman–Crippen LogP) is 0.325. The van der Waals surface area contributed by atoms with Gasteiger partial charge in [0.25, 0.3) is 10.2 Å². The minimum Gasteiger partial charge on any atom is -0.396 e. The van der Waals surface area contributed by atoms with Crippen LogP contribution in [0.5, 0.6) is 0 Å². The van der Waals surface area contributed by atoms with E-state index in [9.17, 15) is 13.5 Å². The summed E-state index contributed by atoms with van der Waals surface area (Å²) >= 11 is 0. The van der Waals surface area contributed by atoms with E-state index in [-0.39, 0.29) is 12.5 Å². The highest BCUT2D eigenvalue weighted by atomic mass is 32.2. The monoisotopic (exact) mass is 262 g/mol. The molecule has 0 amide bonds. The molecule has 0 aromatic heterocycles. The Balaban J connectivity index is 1.84. The number of hydrogen-bond donors (Lipinski definition) is 2. The molecule has 1 aliphatic carbocycles. The minimum atomic E-state index is -3.28. The smallest absolute Gasteiger partial charge is 0.279 e. The molecule has 1 heterocycles. The van der Waals surface area contributed by atoms with Crippen molar-refractivity contribution in [3.8, 4) is 0 Å². The molecule has 1 saturated heterocycles. The average molecular weight is 262 g/mol. The molecular weight excluding hydrogens is 240 g/mol. The zero-order valence-corrected chi connectivity index (χ0v) is 11.0. The maximum Gasteiger partial charge on any atom is 0.279 e. The first-order chi connectivity index (χ1) is 8.13. The first kappa shape index (κ1) is 13.3. The number of hydrogen-bond acceptors (Lipinski definition) is 3. The molecular formula is C11H22N2O3S. The molecule has 0 spiro atoms. The van der Waals surface area contributed by atoms with E-state index < -0.39 is 10.2 Å². The molecule has 100 valence electrons. The van der Waals surface area contributed by atoms with Crippen LogP contribution >= 0.6 is 0 Å². The SMILES string of the molecule is O=S(=O)(NCC1CCCC1CO)N1CCCC1. The van der Waals surface area contributed by atoms with Gasteiger partial charge in [-0.15, -0.1) is 0 Å². The maximum atomic E-state index is 11.9. The van der Waals surface area contributed by atoms with Crippen molar-refractivity contribution in [2.75, 3.05) is 26.2 Å². The summed E-state index contributed by atoms with van der Waals surface area (Å²) in [4.78, 5) is 0. The Hall–Kier alpha value is -0.170.